The molecule has 3 heterocycles. The van der Waals surface area contributed by atoms with Gasteiger partial charge in [0.05, 0.1) is 35.8 Å². The highest BCUT2D eigenvalue weighted by Gasteiger charge is 2.23. The molecule has 4 rings (SSSR count). The van der Waals surface area contributed by atoms with Gasteiger partial charge in [0.15, 0.2) is 21.5 Å². The van der Waals surface area contributed by atoms with Crippen LogP contribution in [0.2, 0.25) is 0 Å². The molecule has 0 saturated heterocycles. The monoisotopic (exact) mass is 448 g/mol. The molecule has 3 aromatic rings. The molecule has 8 nitrogen and oxygen atoms in total. The number of sulfone groups is 1. The molecule has 2 aromatic heterocycles. The van der Waals surface area contributed by atoms with Gasteiger partial charge in [-0.05, 0) is 24.1 Å². The van der Waals surface area contributed by atoms with E-state index in [2.05, 4.69) is 9.97 Å². The molecular formula is C20H18F2N4O4S. The number of amides is 1. The van der Waals surface area contributed by atoms with Crippen molar-refractivity contribution in [3.8, 4) is 0 Å². The van der Waals surface area contributed by atoms with E-state index < -0.39 is 32.5 Å². The molecule has 0 radical (unpaired) electrons. The Morgan fingerprint density at radius 1 is 1.23 bits per heavy atom. The molecule has 162 valence electrons. The van der Waals surface area contributed by atoms with Crippen LogP contribution in [0.25, 0.3) is 16.5 Å². The molecule has 1 aliphatic heterocycles. The van der Waals surface area contributed by atoms with Crippen molar-refractivity contribution in [1.29, 1.82) is 0 Å². The highest BCUT2D eigenvalue weighted by atomic mass is 32.2. The van der Waals surface area contributed by atoms with E-state index in [0.717, 1.165) is 17.9 Å². The second-order valence-electron chi connectivity index (χ2n) is 7.26. The van der Waals surface area contributed by atoms with E-state index in [4.69, 9.17) is 5.11 Å². The molecule has 1 N–H and O–H groups in total. The van der Waals surface area contributed by atoms with Crippen LogP contribution in [0.1, 0.15) is 17.8 Å². The lowest BCUT2D eigenvalue weighted by atomic mass is 10.1. The Morgan fingerprint density at radius 2 is 2.00 bits per heavy atom. The maximum absolute atomic E-state index is 14.6. The Balaban J connectivity index is 1.59. The second kappa shape index (κ2) is 7.73. The van der Waals surface area contributed by atoms with Gasteiger partial charge in [0.25, 0.3) is 0 Å². The predicted octanol–water partition coefficient (Wildman–Crippen LogP) is 2.93. The van der Waals surface area contributed by atoms with Crippen LogP contribution in [0.4, 0.5) is 13.6 Å². The first-order valence-corrected chi connectivity index (χ1v) is 11.2. The van der Waals surface area contributed by atoms with Crippen LogP contribution in [-0.4, -0.2) is 58.4 Å². The summed E-state index contributed by atoms with van der Waals surface area (Å²) in [5.74, 6) is -2.64. The van der Waals surface area contributed by atoms with Crippen molar-refractivity contribution in [2.24, 2.45) is 0 Å². The Morgan fingerprint density at radius 3 is 2.58 bits per heavy atom. The SMILES string of the molecule is CS(=O)(=O)c1cc2ccn(Cc3cnc(C4=CCN(C(=O)O)CC4)cn3)c2c(F)c1F. The highest BCUT2D eigenvalue weighted by molar-refractivity contribution is 7.90. The third-order valence-corrected chi connectivity index (χ3v) is 6.24. The van der Waals surface area contributed by atoms with Gasteiger partial charge in [0.1, 0.15) is 4.90 Å². The number of aromatic nitrogens is 3. The normalized spacial score (nSPS) is 14.7. The van der Waals surface area contributed by atoms with Crippen molar-refractivity contribution >= 4 is 32.4 Å². The van der Waals surface area contributed by atoms with Gasteiger partial charge in [-0.2, -0.15) is 0 Å². The third-order valence-electron chi connectivity index (χ3n) is 5.14. The molecule has 0 aliphatic carbocycles. The van der Waals surface area contributed by atoms with Gasteiger partial charge in [0.2, 0.25) is 0 Å². The van der Waals surface area contributed by atoms with Crippen LogP contribution in [0, 0.1) is 11.6 Å². The molecule has 0 fully saturated rings. The van der Waals surface area contributed by atoms with Gasteiger partial charge in [-0.15, -0.1) is 0 Å². The Hall–Kier alpha value is -3.34. The molecule has 0 spiro atoms. The molecule has 1 aromatic carbocycles. The second-order valence-corrected chi connectivity index (χ2v) is 9.24. The summed E-state index contributed by atoms with van der Waals surface area (Å²) in [7, 11) is -3.91. The van der Waals surface area contributed by atoms with Crippen LogP contribution in [0.15, 0.2) is 41.7 Å². The van der Waals surface area contributed by atoms with Crippen molar-refractivity contribution in [2.45, 2.75) is 17.9 Å². The van der Waals surface area contributed by atoms with E-state index in [9.17, 15) is 22.0 Å². The van der Waals surface area contributed by atoms with E-state index in [1.165, 1.54) is 27.9 Å². The Kier molecular flexibility index (Phi) is 5.21. The number of halogens is 2. The fourth-order valence-corrected chi connectivity index (χ4v) is 4.29. The van der Waals surface area contributed by atoms with Crippen LogP contribution in [-0.2, 0) is 16.4 Å². The smallest absolute Gasteiger partial charge is 0.407 e. The van der Waals surface area contributed by atoms with Gasteiger partial charge in [0, 0.05) is 30.9 Å². The number of carboxylic acid groups (broad SMARTS) is 1. The zero-order chi connectivity index (χ0) is 22.3. The molecule has 1 amide bonds. The number of carbonyl (C=O) groups is 1. The summed E-state index contributed by atoms with van der Waals surface area (Å²) in [6, 6.07) is 2.62. The molecule has 1 aliphatic rings. The minimum Gasteiger partial charge on any atom is -0.465 e. The maximum Gasteiger partial charge on any atom is 0.407 e. The molecule has 31 heavy (non-hydrogen) atoms. The van der Waals surface area contributed by atoms with E-state index in [-0.39, 0.29) is 24.0 Å². The summed E-state index contributed by atoms with van der Waals surface area (Å²) in [5, 5.41) is 9.27. The van der Waals surface area contributed by atoms with E-state index in [1.807, 2.05) is 0 Å². The van der Waals surface area contributed by atoms with Gasteiger partial charge in [-0.3, -0.25) is 9.97 Å². The Bertz CT molecular complexity index is 1320. The molecule has 0 bridgehead atoms. The first-order chi connectivity index (χ1) is 14.6. The van der Waals surface area contributed by atoms with Gasteiger partial charge >= 0.3 is 6.09 Å². The maximum atomic E-state index is 14.6. The van der Waals surface area contributed by atoms with Gasteiger partial charge in [-0.25, -0.2) is 22.0 Å². The van der Waals surface area contributed by atoms with Gasteiger partial charge < -0.3 is 14.6 Å². The lowest BCUT2D eigenvalue weighted by molar-refractivity contribution is 0.150. The minimum atomic E-state index is -3.91. The van der Waals surface area contributed by atoms with E-state index >= 15 is 0 Å². The number of fused-ring (bicyclic) bond motifs is 1. The molecule has 0 atom stereocenters. The first-order valence-electron chi connectivity index (χ1n) is 9.30. The standard InChI is InChI=1S/C20H18F2N4O4S/c1-31(29,30)16-8-13-4-7-26(19(13)18(22)17(16)21)11-14-9-24-15(10-23-14)12-2-5-25(6-3-12)20(27)28/h2,4,7-10H,3,5-6,11H2,1H3,(H,27,28). The van der Waals surface area contributed by atoms with Crippen LogP contribution in [0.5, 0.6) is 0 Å². The van der Waals surface area contributed by atoms with Crippen LogP contribution < -0.4 is 0 Å². The number of hydrogen-bond acceptors (Lipinski definition) is 5. The Labute approximate surface area is 176 Å². The third kappa shape index (κ3) is 4.00. The predicted molar refractivity (Wildman–Crippen MR) is 108 cm³/mol. The fraction of sp³-hybridized carbons (Fsp3) is 0.250. The van der Waals surface area contributed by atoms with Crippen LogP contribution >= 0.6 is 0 Å². The van der Waals surface area contributed by atoms with Crippen molar-refractivity contribution in [3.05, 3.63) is 59.8 Å². The first kappa shape index (κ1) is 20.9. The molecule has 11 heteroatoms. The minimum absolute atomic E-state index is 0.0560. The fourth-order valence-electron chi connectivity index (χ4n) is 3.53. The zero-order valence-corrected chi connectivity index (χ0v) is 17.2. The van der Waals surface area contributed by atoms with E-state index in [0.29, 0.717) is 24.4 Å². The lowest BCUT2D eigenvalue weighted by Crippen LogP contribution is -2.33. The summed E-state index contributed by atoms with van der Waals surface area (Å²) in [6.07, 6.45) is 6.77. The number of benzene rings is 1. The number of nitrogens with zero attached hydrogens (tertiary/aromatic N) is 4. The van der Waals surface area contributed by atoms with Crippen LogP contribution in [0.3, 0.4) is 0 Å². The number of hydrogen-bond donors (Lipinski definition) is 1. The molecular weight excluding hydrogens is 430 g/mol. The van der Waals surface area contributed by atoms with Crippen molar-refractivity contribution < 1.29 is 27.1 Å². The van der Waals surface area contributed by atoms with Crippen molar-refractivity contribution in [2.75, 3.05) is 19.3 Å². The topological polar surface area (TPSA) is 105 Å². The quantitative estimate of drug-likeness (QED) is 0.658. The van der Waals surface area contributed by atoms with E-state index in [1.54, 1.807) is 12.3 Å². The lowest BCUT2D eigenvalue weighted by Gasteiger charge is -2.23. The van der Waals surface area contributed by atoms with Crippen molar-refractivity contribution in [1.82, 2.24) is 19.4 Å². The summed E-state index contributed by atoms with van der Waals surface area (Å²) in [5.41, 5.74) is 1.96. The van der Waals surface area contributed by atoms with Gasteiger partial charge in [-0.1, -0.05) is 6.08 Å². The average Bonchev–Trinajstić information content (AvgIpc) is 3.13. The summed E-state index contributed by atoms with van der Waals surface area (Å²) >= 11 is 0. The van der Waals surface area contributed by atoms with Crippen molar-refractivity contribution in [3.63, 3.8) is 0 Å². The molecule has 0 saturated carbocycles. The number of rotatable bonds is 4. The molecule has 0 unspecified atom stereocenters. The summed E-state index contributed by atoms with van der Waals surface area (Å²) in [4.78, 5) is 20.3. The highest BCUT2D eigenvalue weighted by Crippen LogP contribution is 2.28. The summed E-state index contributed by atoms with van der Waals surface area (Å²) < 4.78 is 53.8. The summed E-state index contributed by atoms with van der Waals surface area (Å²) in [6.45, 7) is 0.765. The average molecular weight is 448 g/mol. The zero-order valence-electron chi connectivity index (χ0n) is 16.4. The largest absolute Gasteiger partial charge is 0.465 e.